The smallest absolute Gasteiger partial charge is 0.151 e. The van der Waals surface area contributed by atoms with Gasteiger partial charge in [0.05, 0.1) is 20.1 Å². The van der Waals surface area contributed by atoms with Crippen LogP contribution < -0.4 is 15.4 Å². The van der Waals surface area contributed by atoms with E-state index in [0.717, 1.165) is 52.2 Å². The Bertz CT molecular complexity index is 1330. The SMILES string of the molecule is CNCCCCC#Cc1cc2ncnc(Nc3ccc(OCc4cccc(F)c4)c(Cl)c3)c2s1. The van der Waals surface area contributed by atoms with Crippen molar-refractivity contribution in [2.45, 2.75) is 25.9 Å². The molecule has 34 heavy (non-hydrogen) atoms. The molecule has 0 saturated heterocycles. The number of hydrogen-bond donors (Lipinski definition) is 2. The van der Waals surface area contributed by atoms with Crippen LogP contribution in [0.3, 0.4) is 0 Å². The molecule has 4 aromatic rings. The van der Waals surface area contributed by atoms with Crippen molar-refractivity contribution in [1.29, 1.82) is 0 Å². The molecule has 0 spiro atoms. The van der Waals surface area contributed by atoms with Gasteiger partial charge in [0.25, 0.3) is 0 Å². The van der Waals surface area contributed by atoms with Gasteiger partial charge in [-0.15, -0.1) is 11.3 Å². The second kappa shape index (κ2) is 11.8. The van der Waals surface area contributed by atoms with E-state index < -0.39 is 0 Å². The van der Waals surface area contributed by atoms with E-state index in [1.165, 1.54) is 18.5 Å². The van der Waals surface area contributed by atoms with Crippen molar-refractivity contribution in [2.75, 3.05) is 18.9 Å². The Morgan fingerprint density at radius 3 is 2.85 bits per heavy atom. The van der Waals surface area contributed by atoms with E-state index in [2.05, 4.69) is 32.4 Å². The fourth-order valence-corrected chi connectivity index (χ4v) is 4.46. The average Bonchev–Trinajstić information content (AvgIpc) is 3.25. The molecule has 2 heterocycles. The third-order valence-corrected chi connectivity index (χ3v) is 6.32. The summed E-state index contributed by atoms with van der Waals surface area (Å²) < 4.78 is 20.0. The quantitative estimate of drug-likeness (QED) is 0.204. The first-order chi connectivity index (χ1) is 16.6. The Morgan fingerprint density at radius 1 is 1.12 bits per heavy atom. The van der Waals surface area contributed by atoms with Crippen molar-refractivity contribution >= 4 is 44.7 Å². The van der Waals surface area contributed by atoms with Crippen LogP contribution in [0.4, 0.5) is 15.9 Å². The van der Waals surface area contributed by atoms with Gasteiger partial charge in [-0.25, -0.2) is 14.4 Å². The zero-order valence-corrected chi connectivity index (χ0v) is 20.3. The summed E-state index contributed by atoms with van der Waals surface area (Å²) in [5, 5.41) is 6.91. The zero-order chi connectivity index (χ0) is 23.8. The van der Waals surface area contributed by atoms with Gasteiger partial charge in [0, 0.05) is 12.1 Å². The largest absolute Gasteiger partial charge is 0.487 e. The average molecular weight is 495 g/mol. The van der Waals surface area contributed by atoms with Gasteiger partial charge < -0.3 is 15.4 Å². The minimum atomic E-state index is -0.296. The lowest BCUT2D eigenvalue weighted by atomic mass is 10.2. The number of nitrogens with one attached hydrogen (secondary N) is 2. The van der Waals surface area contributed by atoms with Gasteiger partial charge in [0.2, 0.25) is 0 Å². The molecule has 0 aliphatic heterocycles. The maximum atomic E-state index is 13.4. The van der Waals surface area contributed by atoms with E-state index in [4.69, 9.17) is 16.3 Å². The van der Waals surface area contributed by atoms with Gasteiger partial charge in [0.1, 0.15) is 24.5 Å². The first-order valence-corrected chi connectivity index (χ1v) is 12.1. The fourth-order valence-electron chi connectivity index (χ4n) is 3.29. The highest BCUT2D eigenvalue weighted by Crippen LogP contribution is 2.33. The molecule has 0 bridgehead atoms. The van der Waals surface area contributed by atoms with E-state index in [1.54, 1.807) is 35.6 Å². The Kier molecular flexibility index (Phi) is 8.31. The molecular weight excluding hydrogens is 471 g/mol. The molecular formula is C26H24ClFN4OS. The molecule has 174 valence electrons. The van der Waals surface area contributed by atoms with Crippen LogP contribution in [0, 0.1) is 17.7 Å². The third kappa shape index (κ3) is 6.45. The van der Waals surface area contributed by atoms with Crippen LogP contribution in [0.5, 0.6) is 5.75 Å². The van der Waals surface area contributed by atoms with Crippen molar-refractivity contribution in [3.05, 3.63) is 76.1 Å². The van der Waals surface area contributed by atoms with Crippen molar-refractivity contribution in [3.8, 4) is 17.6 Å². The maximum Gasteiger partial charge on any atom is 0.151 e. The molecule has 2 aromatic heterocycles. The second-order valence-electron chi connectivity index (χ2n) is 7.60. The Balaban J connectivity index is 1.43. The van der Waals surface area contributed by atoms with Crippen LogP contribution in [-0.2, 0) is 6.61 Å². The van der Waals surface area contributed by atoms with Crippen LogP contribution in [0.1, 0.15) is 29.7 Å². The monoisotopic (exact) mass is 494 g/mol. The minimum absolute atomic E-state index is 0.227. The van der Waals surface area contributed by atoms with E-state index in [9.17, 15) is 4.39 Å². The lowest BCUT2D eigenvalue weighted by Gasteiger charge is -2.11. The summed E-state index contributed by atoms with van der Waals surface area (Å²) in [6.45, 7) is 1.24. The van der Waals surface area contributed by atoms with Crippen molar-refractivity contribution in [1.82, 2.24) is 15.3 Å². The summed E-state index contributed by atoms with van der Waals surface area (Å²) in [6, 6.07) is 13.7. The standard InChI is InChI=1S/C26H24ClFN4OS/c1-29-12-5-3-2-4-9-21-15-23-25(34-21)26(31-17-30-23)32-20-10-11-24(22(27)14-20)33-16-18-7-6-8-19(28)13-18/h6-8,10-11,13-15,17,29H,2-3,5,12,16H2,1H3,(H,30,31,32). The van der Waals surface area contributed by atoms with Crippen LogP contribution in [-0.4, -0.2) is 23.6 Å². The van der Waals surface area contributed by atoms with Gasteiger partial charge >= 0.3 is 0 Å². The topological polar surface area (TPSA) is 59.1 Å². The number of rotatable bonds is 9. The minimum Gasteiger partial charge on any atom is -0.487 e. The van der Waals surface area contributed by atoms with Gasteiger partial charge in [-0.1, -0.05) is 35.6 Å². The highest BCUT2D eigenvalue weighted by molar-refractivity contribution is 7.20. The van der Waals surface area contributed by atoms with Crippen molar-refractivity contribution < 1.29 is 9.13 Å². The summed E-state index contributed by atoms with van der Waals surface area (Å²) in [5.74, 6) is 7.40. The number of ether oxygens (including phenoxy) is 1. The number of aromatic nitrogens is 2. The molecule has 0 amide bonds. The Labute approximate surface area is 207 Å². The van der Waals surface area contributed by atoms with Gasteiger partial charge in [-0.3, -0.25) is 0 Å². The Morgan fingerprint density at radius 2 is 2.03 bits per heavy atom. The molecule has 4 rings (SSSR count). The normalized spacial score (nSPS) is 10.7. The van der Waals surface area contributed by atoms with E-state index in [-0.39, 0.29) is 12.4 Å². The van der Waals surface area contributed by atoms with Crippen molar-refractivity contribution in [3.63, 3.8) is 0 Å². The molecule has 0 aliphatic rings. The molecule has 0 unspecified atom stereocenters. The van der Waals surface area contributed by atoms with Crippen LogP contribution in [0.15, 0.2) is 54.9 Å². The highest BCUT2D eigenvalue weighted by atomic mass is 35.5. The fraction of sp³-hybridized carbons (Fsp3) is 0.231. The molecule has 0 saturated carbocycles. The molecule has 0 radical (unpaired) electrons. The zero-order valence-electron chi connectivity index (χ0n) is 18.7. The maximum absolute atomic E-state index is 13.4. The molecule has 0 aliphatic carbocycles. The summed E-state index contributed by atoms with van der Waals surface area (Å²) >= 11 is 7.99. The molecule has 0 atom stereocenters. The number of thiophene rings is 1. The first-order valence-electron chi connectivity index (χ1n) is 10.9. The van der Waals surface area contributed by atoms with Gasteiger partial charge in [-0.05, 0) is 68.4 Å². The lowest BCUT2D eigenvalue weighted by molar-refractivity contribution is 0.306. The molecule has 8 heteroatoms. The van der Waals surface area contributed by atoms with Crippen molar-refractivity contribution in [2.24, 2.45) is 0 Å². The number of halogens is 2. The lowest BCUT2D eigenvalue weighted by Crippen LogP contribution is -2.06. The summed E-state index contributed by atoms with van der Waals surface area (Å²) in [4.78, 5) is 9.74. The number of fused-ring (bicyclic) bond motifs is 1. The van der Waals surface area contributed by atoms with Crippen LogP contribution in [0.25, 0.3) is 10.2 Å². The highest BCUT2D eigenvalue weighted by Gasteiger charge is 2.10. The molecule has 0 fully saturated rings. The van der Waals surface area contributed by atoms with E-state index in [1.807, 2.05) is 19.2 Å². The number of anilines is 2. The summed E-state index contributed by atoms with van der Waals surface area (Å²) in [7, 11) is 1.96. The predicted octanol–water partition coefficient (Wildman–Crippen LogP) is 6.55. The molecule has 2 aromatic carbocycles. The number of benzene rings is 2. The van der Waals surface area contributed by atoms with Crippen LogP contribution >= 0.6 is 22.9 Å². The molecule has 5 nitrogen and oxygen atoms in total. The summed E-state index contributed by atoms with van der Waals surface area (Å²) in [6.07, 6.45) is 4.60. The number of unbranched alkanes of at least 4 members (excludes halogenated alkanes) is 2. The number of hydrogen-bond acceptors (Lipinski definition) is 6. The van der Waals surface area contributed by atoms with E-state index >= 15 is 0 Å². The number of nitrogens with zero attached hydrogens (tertiary/aromatic N) is 2. The van der Waals surface area contributed by atoms with Crippen LogP contribution in [0.2, 0.25) is 5.02 Å². The third-order valence-electron chi connectivity index (χ3n) is 4.98. The van der Waals surface area contributed by atoms with E-state index in [0.29, 0.717) is 16.6 Å². The van der Waals surface area contributed by atoms with Gasteiger partial charge in [-0.2, -0.15) is 0 Å². The predicted molar refractivity (Wildman–Crippen MR) is 138 cm³/mol. The second-order valence-corrected chi connectivity index (χ2v) is 9.06. The Hall–Kier alpha value is -3.18. The summed E-state index contributed by atoms with van der Waals surface area (Å²) in [5.41, 5.74) is 2.35. The van der Waals surface area contributed by atoms with Gasteiger partial charge in [0.15, 0.2) is 5.82 Å². The first kappa shape index (κ1) is 24.0. The molecule has 2 N–H and O–H groups in total.